The molecule has 0 spiro atoms. The van der Waals surface area contributed by atoms with Crippen LogP contribution >= 0.6 is 0 Å². The first-order valence-corrected chi connectivity index (χ1v) is 7.01. The van der Waals surface area contributed by atoms with Crippen LogP contribution in [0.3, 0.4) is 0 Å². The Morgan fingerprint density at radius 2 is 1.89 bits per heavy atom. The third-order valence-electron chi connectivity index (χ3n) is 3.82. The zero-order valence-corrected chi connectivity index (χ0v) is 12.4. The highest BCUT2D eigenvalue weighted by molar-refractivity contribution is 5.27. The Kier molecular flexibility index (Phi) is 5.83. The van der Waals surface area contributed by atoms with Gasteiger partial charge in [-0.2, -0.15) is 0 Å². The highest BCUT2D eigenvalue weighted by atomic mass is 16.5. The van der Waals surface area contributed by atoms with Crippen molar-refractivity contribution in [3.05, 3.63) is 35.4 Å². The van der Waals surface area contributed by atoms with E-state index in [0.717, 1.165) is 19.4 Å². The third kappa shape index (κ3) is 3.12. The van der Waals surface area contributed by atoms with Crippen LogP contribution in [0, 0.1) is 6.92 Å². The molecular weight excluding hydrogens is 222 g/mol. The van der Waals surface area contributed by atoms with E-state index in [4.69, 9.17) is 4.74 Å². The van der Waals surface area contributed by atoms with Gasteiger partial charge in [0.2, 0.25) is 0 Å². The van der Waals surface area contributed by atoms with Crippen molar-refractivity contribution in [2.24, 2.45) is 0 Å². The first kappa shape index (κ1) is 15.2. The topological polar surface area (TPSA) is 21.3 Å². The summed E-state index contributed by atoms with van der Waals surface area (Å²) in [5, 5.41) is 3.45. The minimum atomic E-state index is -0.114. The molecule has 102 valence electrons. The maximum absolute atomic E-state index is 6.11. The lowest BCUT2D eigenvalue weighted by Crippen LogP contribution is -2.44. The Bertz CT molecular complexity index is 358. The molecule has 0 saturated heterocycles. The Balaban J connectivity index is 3.13. The molecule has 0 aliphatic rings. The number of hydrogen-bond donors (Lipinski definition) is 1. The molecule has 1 unspecified atom stereocenters. The van der Waals surface area contributed by atoms with Crippen molar-refractivity contribution < 1.29 is 4.74 Å². The summed E-state index contributed by atoms with van der Waals surface area (Å²) in [6.07, 6.45) is 2.02. The molecule has 0 heterocycles. The maximum Gasteiger partial charge on any atom is 0.0870 e. The van der Waals surface area contributed by atoms with Gasteiger partial charge >= 0.3 is 0 Å². The minimum Gasteiger partial charge on any atom is -0.373 e. The zero-order valence-electron chi connectivity index (χ0n) is 12.4. The average Bonchev–Trinajstić information content (AvgIpc) is 2.38. The zero-order chi connectivity index (χ0) is 13.6. The Labute approximate surface area is 112 Å². The summed E-state index contributed by atoms with van der Waals surface area (Å²) in [6.45, 7) is 9.38. The van der Waals surface area contributed by atoms with Crippen LogP contribution in [0.2, 0.25) is 0 Å². The van der Waals surface area contributed by atoms with Gasteiger partial charge in [0.1, 0.15) is 0 Å². The molecule has 0 fully saturated rings. The molecular formula is C16H27NO. The fraction of sp³-hybridized carbons (Fsp3) is 0.625. The molecule has 1 rings (SSSR count). The fourth-order valence-electron chi connectivity index (χ4n) is 2.82. The molecule has 1 atom stereocenters. The van der Waals surface area contributed by atoms with Gasteiger partial charge in [-0.1, -0.05) is 43.7 Å². The van der Waals surface area contributed by atoms with Gasteiger partial charge in [-0.15, -0.1) is 0 Å². The first-order chi connectivity index (χ1) is 8.63. The minimum absolute atomic E-state index is 0.114. The number of hydrogen-bond acceptors (Lipinski definition) is 2. The molecule has 0 amide bonds. The maximum atomic E-state index is 6.11. The smallest absolute Gasteiger partial charge is 0.0870 e. The summed E-state index contributed by atoms with van der Waals surface area (Å²) >= 11 is 0. The summed E-state index contributed by atoms with van der Waals surface area (Å²) in [4.78, 5) is 0. The van der Waals surface area contributed by atoms with Crippen molar-refractivity contribution in [2.45, 2.75) is 52.2 Å². The summed E-state index contributed by atoms with van der Waals surface area (Å²) in [5.74, 6) is 0. The summed E-state index contributed by atoms with van der Waals surface area (Å²) in [6, 6.07) is 8.94. The van der Waals surface area contributed by atoms with E-state index in [-0.39, 0.29) is 11.6 Å². The molecule has 0 saturated carbocycles. The highest BCUT2D eigenvalue weighted by Crippen LogP contribution is 2.35. The Hall–Kier alpha value is -0.860. The van der Waals surface area contributed by atoms with Gasteiger partial charge < -0.3 is 10.1 Å². The van der Waals surface area contributed by atoms with Gasteiger partial charge in [-0.25, -0.2) is 0 Å². The van der Waals surface area contributed by atoms with Crippen LogP contribution in [0.4, 0.5) is 0 Å². The van der Waals surface area contributed by atoms with Gasteiger partial charge in [0, 0.05) is 6.61 Å². The number of nitrogens with one attached hydrogen (secondary N) is 1. The monoisotopic (exact) mass is 249 g/mol. The third-order valence-corrected chi connectivity index (χ3v) is 3.82. The van der Waals surface area contributed by atoms with Gasteiger partial charge in [0.15, 0.2) is 0 Å². The van der Waals surface area contributed by atoms with Crippen LogP contribution in [0.5, 0.6) is 0 Å². The second kappa shape index (κ2) is 6.91. The molecule has 1 aromatic carbocycles. The number of benzene rings is 1. The van der Waals surface area contributed by atoms with E-state index >= 15 is 0 Å². The second-order valence-corrected chi connectivity index (χ2v) is 4.84. The lowest BCUT2D eigenvalue weighted by Gasteiger charge is -2.39. The van der Waals surface area contributed by atoms with E-state index in [9.17, 15) is 0 Å². The SMILES string of the molecule is CCOC(CC)(CC)C(NC)c1cccc(C)c1. The molecule has 1 aromatic rings. The molecule has 0 bridgehead atoms. The quantitative estimate of drug-likeness (QED) is 0.792. The summed E-state index contributed by atoms with van der Waals surface area (Å²) in [5.41, 5.74) is 2.50. The number of aryl methyl sites for hydroxylation is 1. The van der Waals surface area contributed by atoms with Crippen LogP contribution in [0.15, 0.2) is 24.3 Å². The van der Waals surface area contributed by atoms with Crippen LogP contribution in [0.1, 0.15) is 50.8 Å². The van der Waals surface area contributed by atoms with Crippen molar-refractivity contribution >= 4 is 0 Å². The van der Waals surface area contributed by atoms with Crippen LogP contribution in [-0.4, -0.2) is 19.3 Å². The van der Waals surface area contributed by atoms with Crippen molar-refractivity contribution in [1.29, 1.82) is 0 Å². The van der Waals surface area contributed by atoms with Crippen molar-refractivity contribution in [1.82, 2.24) is 5.32 Å². The average molecular weight is 249 g/mol. The lowest BCUT2D eigenvalue weighted by molar-refractivity contribution is -0.0717. The van der Waals surface area contributed by atoms with Gasteiger partial charge in [-0.3, -0.25) is 0 Å². The van der Waals surface area contributed by atoms with Crippen LogP contribution in [-0.2, 0) is 4.74 Å². The molecule has 0 radical (unpaired) electrons. The molecule has 2 nitrogen and oxygen atoms in total. The van der Waals surface area contributed by atoms with Gasteiger partial charge in [-0.05, 0) is 39.3 Å². The van der Waals surface area contributed by atoms with Crippen LogP contribution < -0.4 is 5.32 Å². The predicted octanol–water partition coefficient (Wildman–Crippen LogP) is 3.85. The van der Waals surface area contributed by atoms with E-state index in [1.807, 2.05) is 7.05 Å². The molecule has 0 aliphatic carbocycles. The second-order valence-electron chi connectivity index (χ2n) is 4.84. The number of ether oxygens (including phenoxy) is 1. The molecule has 1 N–H and O–H groups in total. The molecule has 2 heteroatoms. The van der Waals surface area contributed by atoms with E-state index in [2.05, 4.69) is 57.3 Å². The Morgan fingerprint density at radius 3 is 2.33 bits per heavy atom. The van der Waals surface area contributed by atoms with E-state index in [1.165, 1.54) is 11.1 Å². The van der Waals surface area contributed by atoms with E-state index in [0.29, 0.717) is 0 Å². The van der Waals surface area contributed by atoms with Gasteiger partial charge in [0.05, 0.1) is 11.6 Å². The van der Waals surface area contributed by atoms with Crippen molar-refractivity contribution in [2.75, 3.05) is 13.7 Å². The van der Waals surface area contributed by atoms with Crippen molar-refractivity contribution in [3.63, 3.8) is 0 Å². The highest BCUT2D eigenvalue weighted by Gasteiger charge is 2.36. The standard InChI is InChI=1S/C16H27NO/c1-6-16(7-2,18-8-3)15(17-5)14-11-9-10-13(4)12-14/h9-12,15,17H,6-8H2,1-5H3. The Morgan fingerprint density at radius 1 is 1.22 bits per heavy atom. The number of likely N-dealkylation sites (N-methyl/N-ethyl adjacent to an activating group) is 1. The van der Waals surface area contributed by atoms with Gasteiger partial charge in [0.25, 0.3) is 0 Å². The lowest BCUT2D eigenvalue weighted by atomic mass is 9.83. The summed E-state index contributed by atoms with van der Waals surface area (Å²) < 4.78 is 6.11. The largest absolute Gasteiger partial charge is 0.373 e. The first-order valence-electron chi connectivity index (χ1n) is 7.01. The molecule has 0 aliphatic heterocycles. The molecule has 0 aromatic heterocycles. The fourth-order valence-corrected chi connectivity index (χ4v) is 2.82. The van der Waals surface area contributed by atoms with Crippen molar-refractivity contribution in [3.8, 4) is 0 Å². The van der Waals surface area contributed by atoms with Crippen LogP contribution in [0.25, 0.3) is 0 Å². The summed E-state index contributed by atoms with van der Waals surface area (Å²) in [7, 11) is 2.02. The number of rotatable bonds is 7. The predicted molar refractivity (Wildman–Crippen MR) is 77.9 cm³/mol. The normalized spacial score (nSPS) is 13.6. The molecule has 18 heavy (non-hydrogen) atoms. The van der Waals surface area contributed by atoms with E-state index in [1.54, 1.807) is 0 Å². The van der Waals surface area contributed by atoms with E-state index < -0.39 is 0 Å².